The molecular weight excluding hydrogens is 252 g/mol. The molecule has 2 fully saturated rings. The molecule has 5 nitrogen and oxygen atoms in total. The number of hydrogen-bond acceptors (Lipinski definition) is 4. The fraction of sp³-hybridized carbons (Fsp3) is 0.667. The quantitative estimate of drug-likeness (QED) is 0.820. The lowest BCUT2D eigenvalue weighted by atomic mass is 10.0. The van der Waals surface area contributed by atoms with Gasteiger partial charge in [-0.05, 0) is 46.2 Å². The van der Waals surface area contributed by atoms with Crippen molar-refractivity contribution >= 4 is 5.91 Å². The molecule has 108 valence electrons. The van der Waals surface area contributed by atoms with Gasteiger partial charge in [-0.2, -0.15) is 0 Å². The van der Waals surface area contributed by atoms with Crippen LogP contribution in [0.3, 0.4) is 0 Å². The first kappa shape index (κ1) is 13.5. The number of rotatable bonds is 2. The summed E-state index contributed by atoms with van der Waals surface area (Å²) in [5, 5.41) is 0. The molecule has 0 spiro atoms. The highest BCUT2D eigenvalue weighted by Crippen LogP contribution is 2.30. The lowest BCUT2D eigenvalue weighted by Gasteiger charge is -2.33. The Morgan fingerprint density at radius 3 is 2.70 bits per heavy atom. The number of aryl methyl sites for hydroxylation is 1. The van der Waals surface area contributed by atoms with Crippen molar-refractivity contribution < 1.29 is 4.79 Å². The Kier molecular flexibility index (Phi) is 3.70. The minimum Gasteiger partial charge on any atom is -0.334 e. The van der Waals surface area contributed by atoms with Crippen molar-refractivity contribution in [1.82, 2.24) is 19.8 Å². The number of carbonyl (C=O) groups excluding carboxylic acids is 1. The van der Waals surface area contributed by atoms with E-state index in [-0.39, 0.29) is 5.91 Å². The monoisotopic (exact) mass is 274 g/mol. The van der Waals surface area contributed by atoms with Gasteiger partial charge in [-0.15, -0.1) is 0 Å². The summed E-state index contributed by atoms with van der Waals surface area (Å²) in [6, 6.07) is 0.876. The fourth-order valence-electron chi connectivity index (χ4n) is 3.62. The van der Waals surface area contributed by atoms with Crippen molar-refractivity contribution in [3.05, 3.63) is 23.8 Å². The van der Waals surface area contributed by atoms with E-state index in [0.717, 1.165) is 31.6 Å². The lowest BCUT2D eigenvalue weighted by molar-refractivity contribution is 0.0662. The van der Waals surface area contributed by atoms with E-state index in [1.807, 2.05) is 6.92 Å². The fourth-order valence-corrected chi connectivity index (χ4v) is 3.62. The number of hydrogen-bond donors (Lipinski definition) is 0. The molecule has 0 radical (unpaired) electrons. The SMILES string of the molecule is Cc1ncncc1C(=O)N1CCCC1C1CCCN1C. The lowest BCUT2D eigenvalue weighted by Crippen LogP contribution is -2.47. The van der Waals surface area contributed by atoms with Crippen molar-refractivity contribution in [3.8, 4) is 0 Å². The van der Waals surface area contributed by atoms with Crippen LogP contribution in [0.25, 0.3) is 0 Å². The Labute approximate surface area is 120 Å². The van der Waals surface area contributed by atoms with Crippen molar-refractivity contribution in [3.63, 3.8) is 0 Å². The van der Waals surface area contributed by atoms with Gasteiger partial charge in [0.15, 0.2) is 0 Å². The number of likely N-dealkylation sites (N-methyl/N-ethyl adjacent to an activating group) is 1. The first-order valence-corrected chi connectivity index (χ1v) is 7.46. The summed E-state index contributed by atoms with van der Waals surface area (Å²) < 4.78 is 0. The zero-order valence-electron chi connectivity index (χ0n) is 12.2. The smallest absolute Gasteiger partial charge is 0.257 e. The normalized spacial score (nSPS) is 27.2. The highest BCUT2D eigenvalue weighted by Gasteiger charge is 2.38. The Morgan fingerprint density at radius 1 is 1.25 bits per heavy atom. The number of amides is 1. The van der Waals surface area contributed by atoms with Crippen LogP contribution < -0.4 is 0 Å². The molecule has 0 saturated carbocycles. The van der Waals surface area contributed by atoms with Gasteiger partial charge in [-0.1, -0.05) is 0 Å². The summed E-state index contributed by atoms with van der Waals surface area (Å²) >= 11 is 0. The molecule has 20 heavy (non-hydrogen) atoms. The molecule has 0 bridgehead atoms. The molecular formula is C15H22N4O. The van der Waals surface area contributed by atoms with Crippen LogP contribution in [-0.2, 0) is 0 Å². The minimum absolute atomic E-state index is 0.103. The van der Waals surface area contributed by atoms with E-state index in [2.05, 4.69) is 26.8 Å². The molecule has 2 aliphatic heterocycles. The molecule has 3 rings (SSSR count). The first-order valence-electron chi connectivity index (χ1n) is 7.46. The van der Waals surface area contributed by atoms with Crippen LogP contribution in [0.5, 0.6) is 0 Å². The second kappa shape index (κ2) is 5.48. The topological polar surface area (TPSA) is 49.3 Å². The maximum absolute atomic E-state index is 12.8. The first-order chi connectivity index (χ1) is 9.68. The van der Waals surface area contributed by atoms with E-state index in [4.69, 9.17) is 0 Å². The van der Waals surface area contributed by atoms with E-state index >= 15 is 0 Å². The Morgan fingerprint density at radius 2 is 2.00 bits per heavy atom. The van der Waals surface area contributed by atoms with Crippen LogP contribution in [-0.4, -0.2) is 57.9 Å². The number of nitrogens with zero attached hydrogens (tertiary/aromatic N) is 4. The van der Waals surface area contributed by atoms with E-state index in [0.29, 0.717) is 17.6 Å². The second-order valence-electron chi connectivity index (χ2n) is 5.92. The van der Waals surface area contributed by atoms with Crippen LogP contribution in [0.4, 0.5) is 0 Å². The third-order valence-corrected chi connectivity index (χ3v) is 4.72. The zero-order chi connectivity index (χ0) is 14.1. The molecule has 1 aromatic heterocycles. The van der Waals surface area contributed by atoms with Gasteiger partial charge >= 0.3 is 0 Å². The molecule has 0 N–H and O–H groups in total. The molecule has 2 unspecified atom stereocenters. The van der Waals surface area contributed by atoms with Gasteiger partial charge in [0, 0.05) is 24.8 Å². The standard InChI is InChI=1S/C15H22N4O/c1-11-12(9-16-10-17-11)15(20)19-8-4-6-14(19)13-5-3-7-18(13)2/h9-10,13-14H,3-8H2,1-2H3. The molecule has 5 heteroatoms. The summed E-state index contributed by atoms with van der Waals surface area (Å²) in [6.45, 7) is 3.89. The second-order valence-corrected chi connectivity index (χ2v) is 5.92. The number of carbonyl (C=O) groups is 1. The van der Waals surface area contributed by atoms with Crippen molar-refractivity contribution in [2.75, 3.05) is 20.1 Å². The van der Waals surface area contributed by atoms with E-state index in [1.54, 1.807) is 6.20 Å². The Balaban J connectivity index is 1.82. The van der Waals surface area contributed by atoms with Crippen LogP contribution >= 0.6 is 0 Å². The van der Waals surface area contributed by atoms with Gasteiger partial charge in [-0.3, -0.25) is 4.79 Å². The average molecular weight is 274 g/mol. The summed E-state index contributed by atoms with van der Waals surface area (Å²) in [5.74, 6) is 0.103. The predicted octanol–water partition coefficient (Wildman–Crippen LogP) is 1.48. The van der Waals surface area contributed by atoms with Gasteiger partial charge in [0.05, 0.1) is 11.3 Å². The summed E-state index contributed by atoms with van der Waals surface area (Å²) in [5.41, 5.74) is 1.43. The van der Waals surface area contributed by atoms with Crippen LogP contribution in [0, 0.1) is 6.92 Å². The van der Waals surface area contributed by atoms with Gasteiger partial charge in [0.25, 0.3) is 5.91 Å². The molecule has 2 atom stereocenters. The molecule has 2 aliphatic rings. The van der Waals surface area contributed by atoms with E-state index < -0.39 is 0 Å². The van der Waals surface area contributed by atoms with Gasteiger partial charge in [-0.25, -0.2) is 9.97 Å². The van der Waals surface area contributed by atoms with Crippen LogP contribution in [0.1, 0.15) is 41.7 Å². The van der Waals surface area contributed by atoms with Gasteiger partial charge < -0.3 is 9.80 Å². The molecule has 3 heterocycles. The van der Waals surface area contributed by atoms with Crippen LogP contribution in [0.15, 0.2) is 12.5 Å². The summed E-state index contributed by atoms with van der Waals surface area (Å²) in [6.07, 6.45) is 7.82. The average Bonchev–Trinajstić information content (AvgIpc) is 3.06. The van der Waals surface area contributed by atoms with Gasteiger partial charge in [0.1, 0.15) is 6.33 Å². The maximum Gasteiger partial charge on any atom is 0.257 e. The minimum atomic E-state index is 0.103. The van der Waals surface area contributed by atoms with E-state index in [1.165, 1.54) is 19.2 Å². The third-order valence-electron chi connectivity index (χ3n) is 4.72. The molecule has 0 aliphatic carbocycles. The Hall–Kier alpha value is -1.49. The molecule has 1 aromatic rings. The maximum atomic E-state index is 12.8. The summed E-state index contributed by atoms with van der Waals surface area (Å²) in [4.78, 5) is 25.4. The highest BCUT2D eigenvalue weighted by molar-refractivity contribution is 5.95. The molecule has 0 aromatic carbocycles. The molecule has 2 saturated heterocycles. The number of likely N-dealkylation sites (tertiary alicyclic amines) is 2. The number of aromatic nitrogens is 2. The van der Waals surface area contributed by atoms with Crippen molar-refractivity contribution in [2.45, 2.75) is 44.7 Å². The van der Waals surface area contributed by atoms with Crippen LogP contribution in [0.2, 0.25) is 0 Å². The third kappa shape index (κ3) is 2.30. The highest BCUT2D eigenvalue weighted by atomic mass is 16.2. The molecule has 1 amide bonds. The largest absolute Gasteiger partial charge is 0.334 e. The summed E-state index contributed by atoms with van der Waals surface area (Å²) in [7, 11) is 2.18. The predicted molar refractivity (Wildman–Crippen MR) is 76.5 cm³/mol. The van der Waals surface area contributed by atoms with E-state index in [9.17, 15) is 4.79 Å². The van der Waals surface area contributed by atoms with Crippen molar-refractivity contribution in [2.24, 2.45) is 0 Å². The van der Waals surface area contributed by atoms with Crippen molar-refractivity contribution in [1.29, 1.82) is 0 Å². The van der Waals surface area contributed by atoms with Gasteiger partial charge in [0.2, 0.25) is 0 Å². The Bertz CT molecular complexity index is 504. The zero-order valence-corrected chi connectivity index (χ0v) is 12.2.